The van der Waals surface area contributed by atoms with Gasteiger partial charge in [0.15, 0.2) is 18.0 Å². The maximum Gasteiger partial charge on any atom is 0.225 e. The number of quaternary nitrogens is 2. The summed E-state index contributed by atoms with van der Waals surface area (Å²) < 4.78 is 10.4. The third-order valence-corrected chi connectivity index (χ3v) is 11.4. The maximum atomic E-state index is 6.78. The topological polar surface area (TPSA) is 27.1 Å². The lowest BCUT2D eigenvalue weighted by Crippen LogP contribution is -2.46. The fourth-order valence-electron chi connectivity index (χ4n) is 8.32. The van der Waals surface area contributed by atoms with Gasteiger partial charge < -0.3 is 4.74 Å². The van der Waals surface area contributed by atoms with Crippen molar-refractivity contribution in [2.24, 2.45) is 0 Å². The number of benzene rings is 5. The van der Waals surface area contributed by atoms with E-state index in [4.69, 9.17) is 9.72 Å². The normalized spacial score (nSPS) is 19.5. The van der Waals surface area contributed by atoms with Crippen LogP contribution < -0.4 is 13.9 Å². The summed E-state index contributed by atoms with van der Waals surface area (Å²) in [4.78, 5) is 4.92. The second-order valence-electron chi connectivity index (χ2n) is 18.0. The molecular formula is C48H49N4O+. The van der Waals surface area contributed by atoms with Crippen molar-refractivity contribution < 1.29 is 4.74 Å². The van der Waals surface area contributed by atoms with Gasteiger partial charge in [-0.3, -0.25) is 4.57 Å². The lowest BCUT2D eigenvalue weighted by atomic mass is 9.86. The van der Waals surface area contributed by atoms with Gasteiger partial charge in [-0.25, -0.2) is 4.98 Å². The monoisotopic (exact) mass is 697 g/mol. The molecule has 5 nitrogen and oxygen atoms in total. The van der Waals surface area contributed by atoms with Crippen LogP contribution >= 0.6 is 0 Å². The van der Waals surface area contributed by atoms with Crippen molar-refractivity contribution in [2.75, 3.05) is 0 Å². The number of nitrogens with zero attached hydrogens (tertiary/aromatic N) is 4. The maximum absolute atomic E-state index is 6.78. The van der Waals surface area contributed by atoms with Crippen molar-refractivity contribution >= 4 is 44.6 Å². The molecule has 2 atom stereocenters. The average molecular weight is 698 g/mol. The molecule has 0 aliphatic carbocycles. The highest BCUT2D eigenvalue weighted by atomic mass is 16.5. The number of pyridine rings is 1. The van der Waals surface area contributed by atoms with Gasteiger partial charge in [-0.05, 0) is 75.4 Å². The number of ether oxygens (including phenoxy) is 1. The standard InChI is InChI=1S/C48H49N4O/c1-46(2,3)32-14-12-15-35(26-32)51-31-52(51,44-19-11-10-18-43(44)51)36-16-13-17-37(29-36)53-38-21-22-39-40-27-33(47(4,5)6)20-23-41(40)50(42(39)30-38)45-28-34(24-25-49-45)48(7,8)9/h10-31H,1-9H3/q+1/t51-,52?/m0/s1. The number of para-hydroxylation sites is 2. The highest BCUT2D eigenvalue weighted by molar-refractivity contribution is 6.10. The summed E-state index contributed by atoms with van der Waals surface area (Å²) in [6.07, 6.45) is 1.94. The number of aromatic nitrogens is 2. The van der Waals surface area contributed by atoms with Crippen molar-refractivity contribution in [3.63, 3.8) is 0 Å². The summed E-state index contributed by atoms with van der Waals surface area (Å²) in [5.74, 6) is 2.51. The van der Waals surface area contributed by atoms with Gasteiger partial charge in [-0.1, -0.05) is 98.7 Å². The first-order valence-corrected chi connectivity index (χ1v) is 18.8. The van der Waals surface area contributed by atoms with Gasteiger partial charge in [0, 0.05) is 59.4 Å². The molecule has 9 rings (SSSR count). The Hall–Kier alpha value is -5.23. The smallest absolute Gasteiger partial charge is 0.225 e. The van der Waals surface area contributed by atoms with E-state index in [9.17, 15) is 0 Å². The summed E-state index contributed by atoms with van der Waals surface area (Å²) in [6.45, 7) is 22.8. The number of hydrogen-bond acceptors (Lipinski definition) is 2. The molecule has 0 amide bonds. The first kappa shape index (κ1) is 33.6. The molecule has 7 aromatic rings. The summed E-state index contributed by atoms with van der Waals surface area (Å²) in [7, 11) is 0. The van der Waals surface area contributed by atoms with Crippen molar-refractivity contribution in [1.82, 2.24) is 18.7 Å². The Balaban J connectivity index is 1.14. The first-order chi connectivity index (χ1) is 25.1. The lowest BCUT2D eigenvalue weighted by molar-refractivity contribution is 0.423. The van der Waals surface area contributed by atoms with E-state index < -0.39 is 0 Å². The Kier molecular flexibility index (Phi) is 7.06. The predicted molar refractivity (Wildman–Crippen MR) is 221 cm³/mol. The molecule has 5 heteroatoms. The van der Waals surface area contributed by atoms with E-state index in [1.807, 2.05) is 6.20 Å². The highest BCUT2D eigenvalue weighted by Gasteiger charge is 2.77. The van der Waals surface area contributed by atoms with Gasteiger partial charge >= 0.3 is 0 Å². The van der Waals surface area contributed by atoms with Gasteiger partial charge in [-0.2, -0.15) is 9.18 Å². The van der Waals surface area contributed by atoms with Crippen LogP contribution in [0, 0.1) is 6.67 Å². The molecule has 4 heterocycles. The van der Waals surface area contributed by atoms with Gasteiger partial charge in [0.25, 0.3) is 0 Å². The van der Waals surface area contributed by atoms with Crippen LogP contribution in [-0.2, 0) is 16.2 Å². The minimum atomic E-state index is -0.00121. The van der Waals surface area contributed by atoms with Crippen LogP contribution in [0.3, 0.4) is 0 Å². The summed E-state index contributed by atoms with van der Waals surface area (Å²) in [5, 5.41) is 2.40. The summed E-state index contributed by atoms with van der Waals surface area (Å²) >= 11 is 0. The van der Waals surface area contributed by atoms with Gasteiger partial charge in [0.05, 0.1) is 11.0 Å². The van der Waals surface area contributed by atoms with Gasteiger partial charge in [0.1, 0.15) is 17.3 Å². The molecular weight excluding hydrogens is 649 g/mol. The average Bonchev–Trinajstić information content (AvgIpc) is 3.61. The third kappa shape index (κ3) is 5.01. The van der Waals surface area contributed by atoms with Crippen molar-refractivity contribution in [3.8, 4) is 17.3 Å². The van der Waals surface area contributed by atoms with Crippen molar-refractivity contribution in [3.05, 3.63) is 151 Å². The van der Waals surface area contributed by atoms with E-state index in [1.165, 1.54) is 50.2 Å². The van der Waals surface area contributed by atoms with Crippen LogP contribution in [0.5, 0.6) is 11.5 Å². The van der Waals surface area contributed by atoms with E-state index in [1.54, 1.807) is 0 Å². The SMILES string of the molecule is CC(C)(C)c1cccc([N@+]23[CH-][N+]2(c2cccc(Oc4ccc5c6cc(C(C)(C)C)ccc6n(-c6cc(C(C)(C)C)ccn6)c5c4)c2)c2ccccc23)c1. The van der Waals surface area contributed by atoms with E-state index in [2.05, 4.69) is 195 Å². The zero-order valence-corrected chi connectivity index (χ0v) is 32.4. The molecule has 53 heavy (non-hydrogen) atoms. The van der Waals surface area contributed by atoms with Crippen LogP contribution in [0.2, 0.25) is 0 Å². The number of rotatable bonds is 5. The summed E-state index contributed by atoms with van der Waals surface area (Å²) in [6, 6.07) is 44.3. The predicted octanol–water partition coefficient (Wildman–Crippen LogP) is 13.2. The largest absolute Gasteiger partial charge is 0.457 e. The molecule has 0 radical (unpaired) electrons. The molecule has 1 saturated heterocycles. The van der Waals surface area contributed by atoms with E-state index in [0.29, 0.717) is 9.18 Å². The van der Waals surface area contributed by atoms with Crippen LogP contribution in [-0.4, -0.2) is 9.55 Å². The van der Waals surface area contributed by atoms with Crippen LogP contribution in [0.4, 0.5) is 22.7 Å². The minimum Gasteiger partial charge on any atom is -0.457 e. The Labute approximate surface area is 313 Å². The van der Waals surface area contributed by atoms with Crippen molar-refractivity contribution in [2.45, 2.75) is 78.6 Å². The Morgan fingerprint density at radius 1 is 0.509 bits per heavy atom. The number of hydrogen-bond donors (Lipinski definition) is 0. The highest BCUT2D eigenvalue weighted by Crippen LogP contribution is 2.75. The Morgan fingerprint density at radius 3 is 1.79 bits per heavy atom. The molecule has 0 bridgehead atoms. The molecule has 2 aliphatic heterocycles. The Bertz CT molecular complexity index is 2590. The van der Waals surface area contributed by atoms with Crippen molar-refractivity contribution in [1.29, 1.82) is 0 Å². The van der Waals surface area contributed by atoms with Gasteiger partial charge in [0.2, 0.25) is 11.4 Å². The molecule has 5 aromatic carbocycles. The van der Waals surface area contributed by atoms with Crippen LogP contribution in [0.25, 0.3) is 27.6 Å². The van der Waals surface area contributed by atoms with E-state index in [0.717, 1.165) is 28.4 Å². The molecule has 0 N–H and O–H groups in total. The molecule has 0 spiro atoms. The van der Waals surface area contributed by atoms with Gasteiger partial charge in [-0.15, -0.1) is 0 Å². The molecule has 2 aliphatic rings. The fraction of sp³-hybridized carbons (Fsp3) is 0.250. The summed E-state index contributed by atoms with van der Waals surface area (Å²) in [5.41, 5.74) is 11.3. The molecule has 1 fully saturated rings. The third-order valence-electron chi connectivity index (χ3n) is 11.4. The van der Waals surface area contributed by atoms with E-state index >= 15 is 0 Å². The van der Waals surface area contributed by atoms with Crippen LogP contribution in [0.1, 0.15) is 79.0 Å². The molecule has 2 aromatic heterocycles. The first-order valence-electron chi connectivity index (χ1n) is 18.8. The lowest BCUT2D eigenvalue weighted by Gasteiger charge is -2.40. The van der Waals surface area contributed by atoms with E-state index in [-0.39, 0.29) is 16.2 Å². The zero-order valence-electron chi connectivity index (χ0n) is 32.4. The second-order valence-corrected chi connectivity index (χ2v) is 18.0. The van der Waals surface area contributed by atoms with Crippen LogP contribution in [0.15, 0.2) is 128 Å². The zero-order chi connectivity index (χ0) is 37.1. The molecule has 266 valence electrons. The Morgan fingerprint density at radius 2 is 1.11 bits per heavy atom. The fourth-order valence-corrected chi connectivity index (χ4v) is 8.32. The molecule has 0 saturated carbocycles. The number of fused-ring (bicyclic) bond motifs is 7. The second kappa shape index (κ2) is 11.1. The quantitative estimate of drug-likeness (QED) is 0.102. The minimum absolute atomic E-state index is 0.00121. The molecule has 1 unspecified atom stereocenters.